The largest absolute Gasteiger partial charge is 0.379 e. The summed E-state index contributed by atoms with van der Waals surface area (Å²) < 4.78 is 11.3. The van der Waals surface area contributed by atoms with E-state index in [1.165, 1.54) is 0 Å². The van der Waals surface area contributed by atoms with Crippen LogP contribution < -0.4 is 5.32 Å². The fraction of sp³-hybridized carbons (Fsp3) is 1.00. The van der Waals surface area contributed by atoms with Gasteiger partial charge in [0.2, 0.25) is 0 Å². The molecule has 0 radical (unpaired) electrons. The fourth-order valence-electron chi connectivity index (χ4n) is 2.79. The van der Waals surface area contributed by atoms with Crippen LogP contribution in [0.3, 0.4) is 0 Å². The third-order valence-corrected chi connectivity index (χ3v) is 3.84. The Morgan fingerprint density at radius 3 is 2.94 bits per heavy atom. The predicted octanol–water partition coefficient (Wildman–Crippen LogP) is 0.722. The molecule has 17 heavy (non-hydrogen) atoms. The van der Waals surface area contributed by atoms with Crippen molar-refractivity contribution in [3.8, 4) is 0 Å². The highest BCUT2D eigenvalue weighted by Crippen LogP contribution is 2.17. The van der Waals surface area contributed by atoms with E-state index in [0.717, 1.165) is 52.4 Å². The van der Waals surface area contributed by atoms with Crippen molar-refractivity contribution >= 4 is 0 Å². The average Bonchev–Trinajstić information content (AvgIpc) is 2.78. The SMILES string of the molecule is CCNC1COCC1CN1CCOC(CC)C1. The standard InChI is InChI=1S/C13H26N2O2/c1-3-12-8-15(5-6-17-12)7-11-9-16-10-13(11)14-4-2/h11-14H,3-10H2,1-2H3. The van der Waals surface area contributed by atoms with Gasteiger partial charge in [0, 0.05) is 31.6 Å². The molecule has 4 heteroatoms. The van der Waals surface area contributed by atoms with E-state index < -0.39 is 0 Å². The van der Waals surface area contributed by atoms with Gasteiger partial charge in [-0.3, -0.25) is 4.90 Å². The third kappa shape index (κ3) is 3.65. The summed E-state index contributed by atoms with van der Waals surface area (Å²) in [5.41, 5.74) is 0. The number of hydrogen-bond acceptors (Lipinski definition) is 4. The molecule has 2 aliphatic rings. The van der Waals surface area contributed by atoms with Crippen molar-refractivity contribution < 1.29 is 9.47 Å². The maximum absolute atomic E-state index is 5.71. The van der Waals surface area contributed by atoms with Crippen LogP contribution in [0.5, 0.6) is 0 Å². The Hall–Kier alpha value is -0.160. The zero-order valence-corrected chi connectivity index (χ0v) is 11.2. The van der Waals surface area contributed by atoms with Crippen molar-refractivity contribution in [1.82, 2.24) is 10.2 Å². The van der Waals surface area contributed by atoms with Gasteiger partial charge in [0.25, 0.3) is 0 Å². The van der Waals surface area contributed by atoms with Crippen LogP contribution in [0.4, 0.5) is 0 Å². The first-order valence-corrected chi connectivity index (χ1v) is 6.98. The molecule has 3 unspecified atom stereocenters. The molecule has 4 nitrogen and oxygen atoms in total. The van der Waals surface area contributed by atoms with Gasteiger partial charge in [0.05, 0.1) is 25.9 Å². The zero-order chi connectivity index (χ0) is 12.1. The molecule has 100 valence electrons. The molecule has 2 fully saturated rings. The Bertz CT molecular complexity index is 225. The minimum atomic E-state index is 0.434. The lowest BCUT2D eigenvalue weighted by atomic mass is 10.0. The Kier molecular flexibility index (Phi) is 5.22. The molecule has 3 atom stereocenters. The number of hydrogen-bond donors (Lipinski definition) is 1. The zero-order valence-electron chi connectivity index (χ0n) is 11.2. The molecule has 0 spiro atoms. The van der Waals surface area contributed by atoms with Crippen LogP contribution in [0.15, 0.2) is 0 Å². The van der Waals surface area contributed by atoms with Crippen LogP contribution in [0.2, 0.25) is 0 Å². The van der Waals surface area contributed by atoms with Crippen LogP contribution in [0.1, 0.15) is 20.3 Å². The lowest BCUT2D eigenvalue weighted by Crippen LogP contribution is -2.47. The number of nitrogens with zero attached hydrogens (tertiary/aromatic N) is 1. The Morgan fingerprint density at radius 1 is 1.29 bits per heavy atom. The number of nitrogens with one attached hydrogen (secondary N) is 1. The summed E-state index contributed by atoms with van der Waals surface area (Å²) in [6.07, 6.45) is 1.55. The lowest BCUT2D eigenvalue weighted by Gasteiger charge is -2.34. The van der Waals surface area contributed by atoms with Crippen LogP contribution in [-0.2, 0) is 9.47 Å². The summed E-state index contributed by atoms with van der Waals surface area (Å²) in [5.74, 6) is 0.644. The van der Waals surface area contributed by atoms with Gasteiger partial charge in [-0.1, -0.05) is 13.8 Å². The van der Waals surface area contributed by atoms with Gasteiger partial charge in [-0.05, 0) is 13.0 Å². The second-order valence-electron chi connectivity index (χ2n) is 5.12. The summed E-state index contributed by atoms with van der Waals surface area (Å²) in [6.45, 7) is 11.4. The lowest BCUT2D eigenvalue weighted by molar-refractivity contribution is -0.0349. The summed E-state index contributed by atoms with van der Waals surface area (Å²) in [7, 11) is 0. The van der Waals surface area contributed by atoms with Crippen LogP contribution >= 0.6 is 0 Å². The summed E-state index contributed by atoms with van der Waals surface area (Å²) in [6, 6.07) is 0.544. The highest BCUT2D eigenvalue weighted by atomic mass is 16.5. The van der Waals surface area contributed by atoms with Gasteiger partial charge in [0.15, 0.2) is 0 Å². The van der Waals surface area contributed by atoms with Gasteiger partial charge in [0.1, 0.15) is 0 Å². The Labute approximate surface area is 105 Å². The van der Waals surface area contributed by atoms with Crippen molar-refractivity contribution in [3.05, 3.63) is 0 Å². The number of rotatable bonds is 5. The molecule has 0 saturated carbocycles. The molecule has 2 saturated heterocycles. The van der Waals surface area contributed by atoms with Crippen molar-refractivity contribution in [2.45, 2.75) is 32.4 Å². The maximum Gasteiger partial charge on any atom is 0.0700 e. The molecular formula is C13H26N2O2. The molecule has 0 aliphatic carbocycles. The van der Waals surface area contributed by atoms with Crippen molar-refractivity contribution in [2.24, 2.45) is 5.92 Å². The third-order valence-electron chi connectivity index (χ3n) is 3.84. The molecule has 0 aromatic heterocycles. The molecule has 2 rings (SSSR count). The molecule has 1 N–H and O–H groups in total. The van der Waals surface area contributed by atoms with Gasteiger partial charge >= 0.3 is 0 Å². The molecule has 0 amide bonds. The van der Waals surface area contributed by atoms with Crippen molar-refractivity contribution in [2.75, 3.05) is 46.0 Å². The second-order valence-corrected chi connectivity index (χ2v) is 5.12. The molecule has 2 heterocycles. The number of ether oxygens (including phenoxy) is 2. The second kappa shape index (κ2) is 6.69. The van der Waals surface area contributed by atoms with E-state index in [1.807, 2.05) is 0 Å². The van der Waals surface area contributed by atoms with E-state index >= 15 is 0 Å². The Morgan fingerprint density at radius 2 is 2.18 bits per heavy atom. The highest BCUT2D eigenvalue weighted by molar-refractivity contribution is 4.84. The van der Waals surface area contributed by atoms with Gasteiger partial charge < -0.3 is 14.8 Å². The fourth-order valence-corrected chi connectivity index (χ4v) is 2.79. The summed E-state index contributed by atoms with van der Waals surface area (Å²) >= 11 is 0. The van der Waals surface area contributed by atoms with Gasteiger partial charge in [-0.15, -0.1) is 0 Å². The molecule has 0 aromatic rings. The van der Waals surface area contributed by atoms with Crippen molar-refractivity contribution in [1.29, 1.82) is 0 Å². The van der Waals surface area contributed by atoms with Crippen molar-refractivity contribution in [3.63, 3.8) is 0 Å². The van der Waals surface area contributed by atoms with Gasteiger partial charge in [-0.2, -0.15) is 0 Å². The van der Waals surface area contributed by atoms with Crippen LogP contribution in [-0.4, -0.2) is 63.0 Å². The first-order chi connectivity index (χ1) is 8.33. The van der Waals surface area contributed by atoms with Gasteiger partial charge in [-0.25, -0.2) is 0 Å². The summed E-state index contributed by atoms with van der Waals surface area (Å²) in [4.78, 5) is 2.54. The average molecular weight is 242 g/mol. The Balaban J connectivity index is 1.79. The van der Waals surface area contributed by atoms with Crippen LogP contribution in [0, 0.1) is 5.92 Å². The number of likely N-dealkylation sites (N-methyl/N-ethyl adjacent to an activating group) is 1. The minimum Gasteiger partial charge on any atom is -0.379 e. The highest BCUT2D eigenvalue weighted by Gasteiger charge is 2.30. The predicted molar refractivity (Wildman–Crippen MR) is 68.2 cm³/mol. The van der Waals surface area contributed by atoms with E-state index in [1.54, 1.807) is 0 Å². The van der Waals surface area contributed by atoms with E-state index in [0.29, 0.717) is 18.1 Å². The minimum absolute atomic E-state index is 0.434. The normalized spacial score (nSPS) is 35.3. The van der Waals surface area contributed by atoms with Crippen LogP contribution in [0.25, 0.3) is 0 Å². The van der Waals surface area contributed by atoms with E-state index in [9.17, 15) is 0 Å². The monoisotopic (exact) mass is 242 g/mol. The first-order valence-electron chi connectivity index (χ1n) is 6.98. The quantitative estimate of drug-likeness (QED) is 0.770. The van der Waals surface area contributed by atoms with E-state index in [4.69, 9.17) is 9.47 Å². The molecule has 0 bridgehead atoms. The molecule has 0 aromatic carbocycles. The first kappa shape index (κ1) is 13.3. The molecular weight excluding hydrogens is 216 g/mol. The smallest absolute Gasteiger partial charge is 0.0700 e. The summed E-state index contributed by atoms with van der Waals surface area (Å²) in [5, 5.41) is 3.53. The van der Waals surface area contributed by atoms with E-state index in [-0.39, 0.29) is 0 Å². The molecule has 2 aliphatic heterocycles. The number of morpholine rings is 1. The maximum atomic E-state index is 5.71. The topological polar surface area (TPSA) is 33.7 Å². The van der Waals surface area contributed by atoms with E-state index in [2.05, 4.69) is 24.1 Å².